The van der Waals surface area contributed by atoms with Crippen LogP contribution in [0.1, 0.15) is 36.8 Å². The first-order valence-electron chi connectivity index (χ1n) is 7.68. The van der Waals surface area contributed by atoms with Gasteiger partial charge < -0.3 is 14.5 Å². The summed E-state index contributed by atoms with van der Waals surface area (Å²) < 4.78 is 11.0. The molecule has 1 unspecified atom stereocenters. The Labute approximate surface area is 137 Å². The van der Waals surface area contributed by atoms with Crippen LogP contribution in [0, 0.1) is 5.92 Å². The van der Waals surface area contributed by atoms with Gasteiger partial charge in [0.25, 0.3) is 0 Å². The Balaban J connectivity index is 2.41. The van der Waals surface area contributed by atoms with Crippen LogP contribution < -0.4 is 10.1 Å². The van der Waals surface area contributed by atoms with Gasteiger partial charge in [0.15, 0.2) is 0 Å². The van der Waals surface area contributed by atoms with E-state index in [9.17, 15) is 4.79 Å². The zero-order valence-corrected chi connectivity index (χ0v) is 13.8. The minimum absolute atomic E-state index is 0.264. The summed E-state index contributed by atoms with van der Waals surface area (Å²) in [6, 6.07) is 9.27. The van der Waals surface area contributed by atoms with E-state index >= 15 is 0 Å². The van der Waals surface area contributed by atoms with Crippen molar-refractivity contribution in [1.29, 1.82) is 0 Å². The van der Waals surface area contributed by atoms with Crippen LogP contribution >= 0.6 is 0 Å². The highest BCUT2D eigenvalue weighted by atomic mass is 16.5. The van der Waals surface area contributed by atoms with Gasteiger partial charge in [0.2, 0.25) is 5.91 Å². The first-order valence-corrected chi connectivity index (χ1v) is 7.68. The summed E-state index contributed by atoms with van der Waals surface area (Å²) in [6.45, 7) is 7.86. The van der Waals surface area contributed by atoms with Crippen LogP contribution in [0.2, 0.25) is 0 Å². The number of amides is 1. The molecule has 0 aliphatic heterocycles. The van der Waals surface area contributed by atoms with Crippen LogP contribution in [0.5, 0.6) is 5.75 Å². The number of hydrogen-bond acceptors (Lipinski definition) is 3. The van der Waals surface area contributed by atoms with Crippen LogP contribution in [0.3, 0.4) is 0 Å². The molecule has 1 atom stereocenters. The summed E-state index contributed by atoms with van der Waals surface area (Å²) >= 11 is 0. The molecule has 23 heavy (non-hydrogen) atoms. The molecule has 0 aliphatic carbocycles. The molecule has 0 radical (unpaired) electrons. The fraction of sp³-hybridized carbons (Fsp3) is 0.316. The van der Waals surface area contributed by atoms with Gasteiger partial charge in [-0.2, -0.15) is 0 Å². The van der Waals surface area contributed by atoms with Gasteiger partial charge in [0, 0.05) is 5.56 Å². The average molecular weight is 313 g/mol. The van der Waals surface area contributed by atoms with Crippen LogP contribution in [0.15, 0.2) is 53.7 Å². The fourth-order valence-corrected chi connectivity index (χ4v) is 2.55. The summed E-state index contributed by atoms with van der Waals surface area (Å²) in [6.07, 6.45) is 3.80. The summed E-state index contributed by atoms with van der Waals surface area (Å²) in [5.74, 6) is 1.68. The molecule has 2 aromatic rings. The predicted octanol–water partition coefficient (Wildman–Crippen LogP) is 3.88. The Kier molecular flexibility index (Phi) is 5.63. The molecule has 2 rings (SSSR count). The lowest BCUT2D eigenvalue weighted by atomic mass is 9.97. The SMILES string of the molecule is C=CC(=O)NC(c1ccco1)c1ccc(CC(C)C)cc1OC. The van der Waals surface area contributed by atoms with E-state index in [1.165, 1.54) is 11.6 Å². The summed E-state index contributed by atoms with van der Waals surface area (Å²) in [5, 5.41) is 2.89. The molecule has 122 valence electrons. The Hall–Kier alpha value is -2.49. The van der Waals surface area contributed by atoms with Crippen LogP contribution in [0.4, 0.5) is 0 Å². The molecule has 1 amide bonds. The molecule has 1 N–H and O–H groups in total. The maximum Gasteiger partial charge on any atom is 0.244 e. The number of carbonyl (C=O) groups excluding carboxylic acids is 1. The highest BCUT2D eigenvalue weighted by Crippen LogP contribution is 2.32. The lowest BCUT2D eigenvalue weighted by molar-refractivity contribution is -0.117. The number of benzene rings is 1. The number of nitrogens with one attached hydrogen (secondary N) is 1. The molecule has 4 heteroatoms. The second-order valence-electron chi connectivity index (χ2n) is 5.84. The van der Waals surface area contributed by atoms with Crippen molar-refractivity contribution >= 4 is 5.91 Å². The molecule has 0 spiro atoms. The zero-order chi connectivity index (χ0) is 16.8. The van der Waals surface area contributed by atoms with E-state index in [4.69, 9.17) is 9.15 Å². The summed E-state index contributed by atoms with van der Waals surface area (Å²) in [4.78, 5) is 11.8. The molecule has 1 aromatic carbocycles. The van der Waals surface area contributed by atoms with Crippen LogP contribution in [-0.4, -0.2) is 13.0 Å². The normalized spacial score (nSPS) is 12.0. The minimum atomic E-state index is -0.418. The topological polar surface area (TPSA) is 51.5 Å². The quantitative estimate of drug-likeness (QED) is 0.789. The van der Waals surface area contributed by atoms with Crippen molar-refractivity contribution < 1.29 is 13.9 Å². The fourth-order valence-electron chi connectivity index (χ4n) is 2.55. The van der Waals surface area contributed by atoms with Crippen molar-refractivity contribution in [2.45, 2.75) is 26.3 Å². The first kappa shape index (κ1) is 16.9. The van der Waals surface area contributed by atoms with E-state index < -0.39 is 6.04 Å². The van der Waals surface area contributed by atoms with E-state index in [0.29, 0.717) is 11.7 Å². The minimum Gasteiger partial charge on any atom is -0.496 e. The molecule has 0 bridgehead atoms. The molecular weight excluding hydrogens is 290 g/mol. The number of hydrogen-bond donors (Lipinski definition) is 1. The van der Waals surface area contributed by atoms with Crippen LogP contribution in [-0.2, 0) is 11.2 Å². The van der Waals surface area contributed by atoms with Crippen molar-refractivity contribution in [1.82, 2.24) is 5.32 Å². The van der Waals surface area contributed by atoms with Crippen molar-refractivity contribution in [2.75, 3.05) is 7.11 Å². The lowest BCUT2D eigenvalue weighted by Gasteiger charge is -2.20. The average Bonchev–Trinajstić information content (AvgIpc) is 3.06. The van der Waals surface area contributed by atoms with Crippen LogP contribution in [0.25, 0.3) is 0 Å². The molecule has 1 aromatic heterocycles. The van der Waals surface area contributed by atoms with Gasteiger partial charge in [-0.1, -0.05) is 32.6 Å². The molecule has 0 fully saturated rings. The predicted molar refractivity (Wildman–Crippen MR) is 90.4 cm³/mol. The molecule has 0 saturated heterocycles. The summed E-state index contributed by atoms with van der Waals surface area (Å²) in [5.41, 5.74) is 2.05. The molecule has 0 aliphatic rings. The van der Waals surface area contributed by atoms with E-state index in [1.54, 1.807) is 19.4 Å². The number of rotatable bonds is 7. The maximum atomic E-state index is 11.8. The van der Waals surface area contributed by atoms with Crippen molar-refractivity contribution in [3.05, 3.63) is 66.1 Å². The van der Waals surface area contributed by atoms with Crippen molar-refractivity contribution in [3.8, 4) is 5.75 Å². The van der Waals surface area contributed by atoms with Crippen molar-refractivity contribution in [3.63, 3.8) is 0 Å². The highest BCUT2D eigenvalue weighted by Gasteiger charge is 2.22. The van der Waals surface area contributed by atoms with Gasteiger partial charge in [-0.15, -0.1) is 0 Å². The Morgan fingerprint density at radius 1 is 1.39 bits per heavy atom. The smallest absolute Gasteiger partial charge is 0.244 e. The van der Waals surface area contributed by atoms with Gasteiger partial charge >= 0.3 is 0 Å². The highest BCUT2D eigenvalue weighted by molar-refractivity contribution is 5.87. The molecule has 4 nitrogen and oxygen atoms in total. The van der Waals surface area contributed by atoms with Crippen molar-refractivity contribution in [2.24, 2.45) is 5.92 Å². The molecular formula is C19H23NO3. The number of furan rings is 1. The Morgan fingerprint density at radius 2 is 2.17 bits per heavy atom. The van der Waals surface area contributed by atoms with E-state index in [-0.39, 0.29) is 5.91 Å². The van der Waals surface area contributed by atoms with E-state index in [0.717, 1.165) is 17.7 Å². The van der Waals surface area contributed by atoms with E-state index in [2.05, 4.69) is 31.8 Å². The van der Waals surface area contributed by atoms with E-state index in [1.807, 2.05) is 18.2 Å². The standard InChI is InChI=1S/C19H23NO3/c1-5-18(21)20-19(16-7-6-10-23-16)15-9-8-14(11-13(2)3)12-17(15)22-4/h5-10,12-13,19H,1,11H2,2-4H3,(H,20,21). The first-order chi connectivity index (χ1) is 11.0. The monoisotopic (exact) mass is 313 g/mol. The van der Waals surface area contributed by atoms with Gasteiger partial charge in [-0.05, 0) is 42.2 Å². The van der Waals surface area contributed by atoms with Gasteiger partial charge in [0.1, 0.15) is 17.6 Å². The van der Waals surface area contributed by atoms with Gasteiger partial charge in [-0.3, -0.25) is 4.79 Å². The van der Waals surface area contributed by atoms with Gasteiger partial charge in [0.05, 0.1) is 13.4 Å². The third kappa shape index (κ3) is 4.25. The molecule has 0 saturated carbocycles. The largest absolute Gasteiger partial charge is 0.496 e. The number of carbonyl (C=O) groups is 1. The zero-order valence-electron chi connectivity index (χ0n) is 13.8. The number of ether oxygens (including phenoxy) is 1. The number of methoxy groups -OCH3 is 1. The van der Waals surface area contributed by atoms with Gasteiger partial charge in [-0.25, -0.2) is 0 Å². The maximum absolute atomic E-state index is 11.8. The third-order valence-electron chi connectivity index (χ3n) is 3.55. The molecule has 1 heterocycles. The lowest BCUT2D eigenvalue weighted by Crippen LogP contribution is -2.27. The third-order valence-corrected chi connectivity index (χ3v) is 3.55. The second kappa shape index (κ2) is 7.68. The second-order valence-corrected chi connectivity index (χ2v) is 5.84. The Bertz CT molecular complexity index is 659. The Morgan fingerprint density at radius 3 is 2.74 bits per heavy atom. The summed E-state index contributed by atoms with van der Waals surface area (Å²) in [7, 11) is 1.63.